The van der Waals surface area contributed by atoms with E-state index in [1.54, 1.807) is 0 Å². The van der Waals surface area contributed by atoms with Gasteiger partial charge in [-0.1, -0.05) is 23.7 Å². The van der Waals surface area contributed by atoms with Crippen molar-refractivity contribution in [2.45, 2.75) is 31.9 Å². The topological polar surface area (TPSA) is 85.8 Å². The van der Waals surface area contributed by atoms with Gasteiger partial charge in [-0.15, -0.1) is 0 Å². The minimum atomic E-state index is -4.55. The molecule has 0 radical (unpaired) electrons. The molecule has 1 amide bonds. The number of nitrogens with two attached hydrogens (primary N) is 1. The van der Waals surface area contributed by atoms with Gasteiger partial charge in [-0.3, -0.25) is 4.79 Å². The summed E-state index contributed by atoms with van der Waals surface area (Å²) >= 11 is 5.73. The van der Waals surface area contributed by atoms with Crippen LogP contribution >= 0.6 is 11.6 Å². The molecule has 0 unspecified atom stereocenters. The SMILES string of the molecule is Nc1ncnc2c3c(n(-c4ccc(CC(=O)Nc5ccc(C(F)(F)F)c(Cl)c5)cc4)c12)CCC3. The van der Waals surface area contributed by atoms with E-state index in [4.69, 9.17) is 17.3 Å². The Kier molecular flexibility index (Phi) is 5.44. The van der Waals surface area contributed by atoms with Crippen LogP contribution in [-0.4, -0.2) is 20.4 Å². The van der Waals surface area contributed by atoms with Gasteiger partial charge >= 0.3 is 6.18 Å². The van der Waals surface area contributed by atoms with Crippen LogP contribution in [0.4, 0.5) is 24.7 Å². The Morgan fingerprint density at radius 1 is 1.12 bits per heavy atom. The molecule has 10 heteroatoms. The number of hydrogen-bond donors (Lipinski definition) is 2. The van der Waals surface area contributed by atoms with Gasteiger partial charge in [0.1, 0.15) is 11.8 Å². The average Bonchev–Trinajstić information content (AvgIpc) is 3.35. The average molecular weight is 486 g/mol. The third-order valence-electron chi connectivity index (χ3n) is 5.94. The molecule has 34 heavy (non-hydrogen) atoms. The number of halogens is 4. The maximum Gasteiger partial charge on any atom is 0.417 e. The van der Waals surface area contributed by atoms with E-state index in [-0.39, 0.29) is 18.0 Å². The summed E-state index contributed by atoms with van der Waals surface area (Å²) in [5, 5.41) is 2.12. The number of hydrogen-bond acceptors (Lipinski definition) is 4. The lowest BCUT2D eigenvalue weighted by Crippen LogP contribution is -2.15. The van der Waals surface area contributed by atoms with Gasteiger partial charge in [0.25, 0.3) is 0 Å². The fourth-order valence-electron chi connectivity index (χ4n) is 4.46. The van der Waals surface area contributed by atoms with Crippen LogP contribution in [0.5, 0.6) is 0 Å². The van der Waals surface area contributed by atoms with Gasteiger partial charge in [0.05, 0.1) is 22.5 Å². The molecule has 6 nitrogen and oxygen atoms in total. The molecule has 0 aliphatic heterocycles. The summed E-state index contributed by atoms with van der Waals surface area (Å²) in [5.41, 5.74) is 11.1. The number of nitrogen functional groups attached to an aromatic ring is 1. The first-order valence-corrected chi connectivity index (χ1v) is 11.0. The highest BCUT2D eigenvalue weighted by molar-refractivity contribution is 6.31. The third-order valence-corrected chi connectivity index (χ3v) is 6.25. The van der Waals surface area contributed by atoms with Gasteiger partial charge in [0, 0.05) is 17.1 Å². The van der Waals surface area contributed by atoms with Crippen molar-refractivity contribution in [1.29, 1.82) is 0 Å². The summed E-state index contributed by atoms with van der Waals surface area (Å²) in [6, 6.07) is 10.6. The number of benzene rings is 2. The number of fused-ring (bicyclic) bond motifs is 3. The van der Waals surface area contributed by atoms with Crippen molar-refractivity contribution in [2.75, 3.05) is 11.1 Å². The lowest BCUT2D eigenvalue weighted by molar-refractivity contribution is -0.137. The quantitative estimate of drug-likeness (QED) is 0.408. The number of aromatic nitrogens is 3. The second-order valence-electron chi connectivity index (χ2n) is 8.15. The number of alkyl halides is 3. The number of amides is 1. The molecular weight excluding hydrogens is 467 g/mol. The number of carbonyl (C=O) groups is 1. The smallest absolute Gasteiger partial charge is 0.382 e. The summed E-state index contributed by atoms with van der Waals surface area (Å²) in [6.45, 7) is 0. The molecule has 0 fully saturated rings. The Balaban J connectivity index is 1.35. The van der Waals surface area contributed by atoms with Crippen LogP contribution < -0.4 is 11.1 Å². The highest BCUT2D eigenvalue weighted by atomic mass is 35.5. The van der Waals surface area contributed by atoms with E-state index in [2.05, 4.69) is 19.9 Å². The van der Waals surface area contributed by atoms with Crippen molar-refractivity contribution in [3.8, 4) is 5.69 Å². The molecular formula is C24H19ClF3N5O. The fourth-order valence-corrected chi connectivity index (χ4v) is 4.75. The predicted molar refractivity (Wildman–Crippen MR) is 124 cm³/mol. The van der Waals surface area contributed by atoms with E-state index >= 15 is 0 Å². The van der Waals surface area contributed by atoms with Crippen LogP contribution in [0.25, 0.3) is 16.7 Å². The first-order valence-electron chi connectivity index (χ1n) is 10.6. The van der Waals surface area contributed by atoms with E-state index < -0.39 is 16.8 Å². The van der Waals surface area contributed by atoms with Gasteiger partial charge in [-0.25, -0.2) is 9.97 Å². The minimum Gasteiger partial charge on any atom is -0.382 e. The van der Waals surface area contributed by atoms with Crippen molar-refractivity contribution < 1.29 is 18.0 Å². The normalized spacial score (nSPS) is 13.3. The second-order valence-corrected chi connectivity index (χ2v) is 8.56. The largest absolute Gasteiger partial charge is 0.417 e. The lowest BCUT2D eigenvalue weighted by atomic mass is 10.1. The highest BCUT2D eigenvalue weighted by Crippen LogP contribution is 2.37. The molecule has 2 aromatic carbocycles. The Morgan fingerprint density at radius 2 is 1.88 bits per heavy atom. The summed E-state index contributed by atoms with van der Waals surface area (Å²) in [6.07, 6.45) is -0.104. The van der Waals surface area contributed by atoms with Crippen LogP contribution in [0.2, 0.25) is 5.02 Å². The number of nitrogens with zero attached hydrogens (tertiary/aromatic N) is 3. The fraction of sp³-hybridized carbons (Fsp3) is 0.208. The number of nitrogens with one attached hydrogen (secondary N) is 1. The number of aryl methyl sites for hydroxylation is 1. The van der Waals surface area contributed by atoms with Crippen LogP contribution in [0.3, 0.4) is 0 Å². The van der Waals surface area contributed by atoms with Crippen LogP contribution in [0.15, 0.2) is 48.8 Å². The minimum absolute atomic E-state index is 0.0503. The van der Waals surface area contributed by atoms with Gasteiger partial charge in [-0.05, 0) is 60.7 Å². The molecule has 0 saturated heterocycles. The molecule has 174 valence electrons. The number of anilines is 2. The molecule has 3 N–H and O–H groups in total. The zero-order valence-electron chi connectivity index (χ0n) is 17.8. The van der Waals surface area contributed by atoms with E-state index in [0.29, 0.717) is 5.82 Å². The molecule has 2 heterocycles. The predicted octanol–water partition coefficient (Wildman–Crippen LogP) is 5.34. The summed E-state index contributed by atoms with van der Waals surface area (Å²) < 4.78 is 40.7. The van der Waals surface area contributed by atoms with E-state index in [1.165, 1.54) is 23.7 Å². The van der Waals surface area contributed by atoms with Crippen LogP contribution in [0, 0.1) is 0 Å². The van der Waals surface area contributed by atoms with Gasteiger partial charge in [-0.2, -0.15) is 13.2 Å². The first-order chi connectivity index (χ1) is 16.2. The standard InChI is InChI=1S/C24H19ClF3N5O/c25-18-11-14(6-9-17(18)24(26,27)28)32-20(34)10-13-4-7-15(8-5-13)33-19-3-1-2-16(19)21-22(33)23(29)31-12-30-21/h4-9,11-12H,1-3,10H2,(H,32,34)(H2,29,30,31). The molecule has 0 spiro atoms. The molecule has 0 atom stereocenters. The van der Waals surface area contributed by atoms with E-state index in [9.17, 15) is 18.0 Å². The Morgan fingerprint density at radius 3 is 2.59 bits per heavy atom. The Bertz CT molecular complexity index is 1410. The van der Waals surface area contributed by atoms with Crippen LogP contribution in [0.1, 0.15) is 28.8 Å². The Labute approximate surface area is 197 Å². The van der Waals surface area contributed by atoms with E-state index in [0.717, 1.165) is 53.7 Å². The zero-order chi connectivity index (χ0) is 24.0. The molecule has 4 aromatic rings. The van der Waals surface area contributed by atoms with Crippen molar-refractivity contribution in [1.82, 2.24) is 14.5 Å². The van der Waals surface area contributed by atoms with E-state index in [1.807, 2.05) is 24.3 Å². The molecule has 5 rings (SSSR count). The van der Waals surface area contributed by atoms with Crippen molar-refractivity contribution >= 4 is 40.0 Å². The summed E-state index contributed by atoms with van der Waals surface area (Å²) in [5.74, 6) is 0.0478. The second kappa shape index (κ2) is 8.32. The molecule has 2 aromatic heterocycles. The van der Waals surface area contributed by atoms with Crippen molar-refractivity contribution in [3.63, 3.8) is 0 Å². The molecule has 0 saturated carbocycles. The van der Waals surface area contributed by atoms with Crippen LogP contribution in [-0.2, 0) is 30.2 Å². The van der Waals surface area contributed by atoms with Crippen molar-refractivity contribution in [3.05, 3.63) is 76.2 Å². The lowest BCUT2D eigenvalue weighted by Gasteiger charge is -2.12. The number of carbonyl (C=O) groups excluding carboxylic acids is 1. The summed E-state index contributed by atoms with van der Waals surface area (Å²) in [7, 11) is 0. The monoisotopic (exact) mass is 485 g/mol. The number of rotatable bonds is 4. The third kappa shape index (κ3) is 3.96. The van der Waals surface area contributed by atoms with Gasteiger partial charge < -0.3 is 15.6 Å². The molecule has 1 aliphatic rings. The van der Waals surface area contributed by atoms with Crippen molar-refractivity contribution in [2.24, 2.45) is 0 Å². The zero-order valence-corrected chi connectivity index (χ0v) is 18.5. The first kappa shape index (κ1) is 22.2. The maximum atomic E-state index is 12.9. The van der Waals surface area contributed by atoms with Gasteiger partial charge in [0.2, 0.25) is 5.91 Å². The van der Waals surface area contributed by atoms with Gasteiger partial charge in [0.15, 0.2) is 5.82 Å². The Hall–Kier alpha value is -3.59. The molecule has 0 bridgehead atoms. The maximum absolute atomic E-state index is 12.9. The summed E-state index contributed by atoms with van der Waals surface area (Å²) in [4.78, 5) is 21.0. The molecule has 1 aliphatic carbocycles. The highest BCUT2D eigenvalue weighted by Gasteiger charge is 2.33.